The molecule has 1 aromatic rings. The number of aromatic nitrogens is 1. The van der Waals surface area contributed by atoms with E-state index in [4.69, 9.17) is 18.9 Å². The maximum atomic E-state index is 10.3. The van der Waals surface area contributed by atoms with Gasteiger partial charge in [-0.2, -0.15) is 0 Å². The van der Waals surface area contributed by atoms with Gasteiger partial charge < -0.3 is 24.1 Å². The number of pyridine rings is 1. The van der Waals surface area contributed by atoms with E-state index in [-0.39, 0.29) is 0 Å². The van der Waals surface area contributed by atoms with Crippen molar-refractivity contribution in [3.63, 3.8) is 0 Å². The zero-order valence-corrected chi connectivity index (χ0v) is 12.9. The molecule has 0 saturated carbocycles. The lowest BCUT2D eigenvalue weighted by molar-refractivity contribution is -0.279. The SMILES string of the molecule is COC1(OC)CCN(Cc2cc3c(cn2)OCCO3)C[C@@H]1O. The van der Waals surface area contributed by atoms with Gasteiger partial charge in [0.1, 0.15) is 19.3 Å². The lowest BCUT2D eigenvalue weighted by atomic mass is 10.00. The monoisotopic (exact) mass is 310 g/mol. The number of likely N-dealkylation sites (tertiary alicyclic amines) is 1. The van der Waals surface area contributed by atoms with Crippen molar-refractivity contribution in [3.8, 4) is 11.5 Å². The minimum absolute atomic E-state index is 0.470. The topological polar surface area (TPSA) is 73.3 Å². The van der Waals surface area contributed by atoms with E-state index in [0.29, 0.717) is 38.5 Å². The molecule has 2 aliphatic heterocycles. The molecular weight excluding hydrogens is 288 g/mol. The average molecular weight is 310 g/mol. The summed E-state index contributed by atoms with van der Waals surface area (Å²) in [6.45, 7) is 2.98. The zero-order valence-electron chi connectivity index (χ0n) is 12.9. The largest absolute Gasteiger partial charge is 0.486 e. The van der Waals surface area contributed by atoms with Gasteiger partial charge in [-0.05, 0) is 0 Å². The quantitative estimate of drug-likeness (QED) is 0.807. The third-order valence-electron chi connectivity index (χ3n) is 4.28. The Morgan fingerprint density at radius 2 is 2.05 bits per heavy atom. The fourth-order valence-corrected chi connectivity index (χ4v) is 2.96. The highest BCUT2D eigenvalue weighted by Crippen LogP contribution is 2.31. The molecule has 2 aliphatic rings. The van der Waals surface area contributed by atoms with Crippen molar-refractivity contribution in [1.29, 1.82) is 0 Å². The second kappa shape index (κ2) is 6.37. The highest BCUT2D eigenvalue weighted by atomic mass is 16.7. The molecular formula is C15H22N2O5. The molecule has 22 heavy (non-hydrogen) atoms. The number of hydrogen-bond donors (Lipinski definition) is 1. The molecule has 0 bridgehead atoms. The summed E-state index contributed by atoms with van der Waals surface area (Å²) in [5.74, 6) is 0.514. The van der Waals surface area contributed by atoms with E-state index >= 15 is 0 Å². The molecule has 122 valence electrons. The van der Waals surface area contributed by atoms with Crippen LogP contribution in [-0.4, -0.2) is 67.4 Å². The molecule has 1 N–H and O–H groups in total. The van der Waals surface area contributed by atoms with Crippen LogP contribution in [0, 0.1) is 0 Å². The van der Waals surface area contributed by atoms with Crippen LogP contribution in [0.1, 0.15) is 12.1 Å². The van der Waals surface area contributed by atoms with Crippen LogP contribution in [0.3, 0.4) is 0 Å². The van der Waals surface area contributed by atoms with Gasteiger partial charge in [-0.15, -0.1) is 0 Å². The van der Waals surface area contributed by atoms with Gasteiger partial charge in [-0.1, -0.05) is 0 Å². The summed E-state index contributed by atoms with van der Waals surface area (Å²) < 4.78 is 21.8. The number of methoxy groups -OCH3 is 2. The Balaban J connectivity index is 1.65. The highest BCUT2D eigenvalue weighted by Gasteiger charge is 2.43. The van der Waals surface area contributed by atoms with Gasteiger partial charge in [0.25, 0.3) is 0 Å². The first kappa shape index (κ1) is 15.5. The van der Waals surface area contributed by atoms with E-state index in [9.17, 15) is 5.11 Å². The molecule has 0 spiro atoms. The Hall–Kier alpha value is -1.41. The number of aliphatic hydroxyl groups is 1. The third kappa shape index (κ3) is 2.89. The fraction of sp³-hybridized carbons (Fsp3) is 0.667. The van der Waals surface area contributed by atoms with Gasteiger partial charge in [0.05, 0.1) is 11.9 Å². The lowest BCUT2D eigenvalue weighted by Crippen LogP contribution is -2.57. The predicted octanol–water partition coefficient (Wildman–Crippen LogP) is 0.408. The van der Waals surface area contributed by atoms with E-state index in [0.717, 1.165) is 18.0 Å². The van der Waals surface area contributed by atoms with Crippen molar-refractivity contribution < 1.29 is 24.1 Å². The number of piperidine rings is 1. The molecule has 0 aliphatic carbocycles. The van der Waals surface area contributed by atoms with Gasteiger partial charge in [0, 0.05) is 46.3 Å². The molecule has 0 amide bonds. The van der Waals surface area contributed by atoms with Crippen LogP contribution in [0.5, 0.6) is 11.5 Å². The van der Waals surface area contributed by atoms with Crippen LogP contribution >= 0.6 is 0 Å². The van der Waals surface area contributed by atoms with E-state index in [2.05, 4.69) is 9.88 Å². The first-order valence-corrected chi connectivity index (χ1v) is 7.42. The van der Waals surface area contributed by atoms with E-state index in [1.165, 1.54) is 0 Å². The number of hydrogen-bond acceptors (Lipinski definition) is 7. The van der Waals surface area contributed by atoms with E-state index < -0.39 is 11.9 Å². The van der Waals surface area contributed by atoms with E-state index in [1.807, 2.05) is 6.07 Å². The number of fused-ring (bicyclic) bond motifs is 1. The summed E-state index contributed by atoms with van der Waals surface area (Å²) in [6, 6.07) is 1.90. The molecule has 1 atom stereocenters. The van der Waals surface area contributed by atoms with Gasteiger partial charge in [0.15, 0.2) is 17.3 Å². The number of aliphatic hydroxyl groups excluding tert-OH is 1. The zero-order chi connectivity index (χ0) is 15.6. The molecule has 3 rings (SSSR count). The molecule has 0 aromatic carbocycles. The second-order valence-electron chi connectivity index (χ2n) is 5.54. The van der Waals surface area contributed by atoms with Gasteiger partial charge >= 0.3 is 0 Å². The summed E-state index contributed by atoms with van der Waals surface area (Å²) in [6.07, 6.45) is 1.60. The average Bonchev–Trinajstić information content (AvgIpc) is 2.56. The Bertz CT molecular complexity index is 521. The van der Waals surface area contributed by atoms with Crippen molar-refractivity contribution >= 4 is 0 Å². The maximum absolute atomic E-state index is 10.3. The molecule has 7 nitrogen and oxygen atoms in total. The normalized spacial score (nSPS) is 24.2. The van der Waals surface area contributed by atoms with Crippen molar-refractivity contribution in [3.05, 3.63) is 18.0 Å². The summed E-state index contributed by atoms with van der Waals surface area (Å²) in [5, 5.41) is 10.3. The van der Waals surface area contributed by atoms with E-state index in [1.54, 1.807) is 20.4 Å². The molecule has 0 radical (unpaired) electrons. The lowest BCUT2D eigenvalue weighted by Gasteiger charge is -2.43. The minimum atomic E-state index is -0.906. The first-order valence-electron chi connectivity index (χ1n) is 7.42. The highest BCUT2D eigenvalue weighted by molar-refractivity contribution is 5.39. The van der Waals surface area contributed by atoms with Crippen LogP contribution in [0.25, 0.3) is 0 Å². The van der Waals surface area contributed by atoms with Crippen molar-refractivity contribution in [2.24, 2.45) is 0 Å². The van der Waals surface area contributed by atoms with Crippen LogP contribution < -0.4 is 9.47 Å². The molecule has 7 heteroatoms. The van der Waals surface area contributed by atoms with Crippen LogP contribution in [-0.2, 0) is 16.0 Å². The standard InChI is InChI=1S/C15H22N2O5/c1-19-15(20-2)3-4-17(10-14(15)18)9-11-7-12-13(8-16-11)22-6-5-21-12/h7-8,14,18H,3-6,9-10H2,1-2H3/t14-/m0/s1. The maximum Gasteiger partial charge on any atom is 0.196 e. The number of rotatable bonds is 4. The van der Waals surface area contributed by atoms with Crippen LogP contribution in [0.2, 0.25) is 0 Å². The molecule has 3 heterocycles. The summed E-state index contributed by atoms with van der Waals surface area (Å²) >= 11 is 0. The molecule has 0 unspecified atom stereocenters. The van der Waals surface area contributed by atoms with Crippen LogP contribution in [0.15, 0.2) is 12.3 Å². The Labute approximate surface area is 129 Å². The third-order valence-corrected chi connectivity index (χ3v) is 4.28. The molecule has 1 saturated heterocycles. The summed E-state index contributed by atoms with van der Waals surface area (Å²) in [7, 11) is 3.12. The molecule has 1 aromatic heterocycles. The Morgan fingerprint density at radius 3 is 2.73 bits per heavy atom. The number of nitrogens with zero attached hydrogens (tertiary/aromatic N) is 2. The summed E-state index contributed by atoms with van der Waals surface area (Å²) in [4.78, 5) is 6.52. The number of ether oxygens (including phenoxy) is 4. The smallest absolute Gasteiger partial charge is 0.196 e. The fourth-order valence-electron chi connectivity index (χ4n) is 2.96. The van der Waals surface area contributed by atoms with Crippen molar-refractivity contribution in [2.45, 2.75) is 24.9 Å². The summed E-state index contributed by atoms with van der Waals surface area (Å²) in [5.41, 5.74) is 0.888. The number of β-amino-alcohol motifs (C(OH)–C–C–N with tert-alkyl or cyclic N) is 1. The molecule has 1 fully saturated rings. The Kier molecular flexibility index (Phi) is 4.49. The Morgan fingerprint density at radius 1 is 1.32 bits per heavy atom. The van der Waals surface area contributed by atoms with Gasteiger partial charge in [-0.25, -0.2) is 0 Å². The minimum Gasteiger partial charge on any atom is -0.486 e. The van der Waals surface area contributed by atoms with Gasteiger partial charge in [-0.3, -0.25) is 9.88 Å². The van der Waals surface area contributed by atoms with Crippen LogP contribution in [0.4, 0.5) is 0 Å². The predicted molar refractivity (Wildman–Crippen MR) is 77.9 cm³/mol. The van der Waals surface area contributed by atoms with Crippen molar-refractivity contribution in [1.82, 2.24) is 9.88 Å². The first-order chi connectivity index (χ1) is 10.7. The van der Waals surface area contributed by atoms with Crippen molar-refractivity contribution in [2.75, 3.05) is 40.5 Å². The van der Waals surface area contributed by atoms with Gasteiger partial charge in [0.2, 0.25) is 0 Å². The second-order valence-corrected chi connectivity index (χ2v) is 5.54.